The fourth-order valence-electron chi connectivity index (χ4n) is 1.94. The van der Waals surface area contributed by atoms with E-state index in [4.69, 9.17) is 4.74 Å². The molecule has 0 amide bonds. The van der Waals surface area contributed by atoms with Crippen LogP contribution in [0.1, 0.15) is 26.5 Å². The monoisotopic (exact) mass is 317 g/mol. The lowest BCUT2D eigenvalue weighted by Gasteiger charge is -2.15. The van der Waals surface area contributed by atoms with Crippen LogP contribution in [0.4, 0.5) is 0 Å². The molecule has 0 bridgehead atoms. The first-order chi connectivity index (χ1) is 9.82. The van der Waals surface area contributed by atoms with Crippen molar-refractivity contribution < 1.29 is 13.2 Å². The number of hydrogen-bond acceptors (Lipinski definition) is 4. The number of rotatable bonds is 9. The van der Waals surface area contributed by atoms with Gasteiger partial charge in [0.05, 0.1) is 6.61 Å². The summed E-state index contributed by atoms with van der Waals surface area (Å²) in [6, 6.07) is 2.10. The highest BCUT2D eigenvalue weighted by Crippen LogP contribution is 2.18. The lowest BCUT2D eigenvalue weighted by Crippen LogP contribution is -2.29. The molecule has 1 rings (SSSR count). The van der Waals surface area contributed by atoms with Crippen molar-refractivity contribution in [3.63, 3.8) is 0 Å². The molecule has 0 atom stereocenters. The minimum Gasteiger partial charge on any atom is -0.383 e. The first kappa shape index (κ1) is 18.2. The van der Waals surface area contributed by atoms with Crippen molar-refractivity contribution in [3.8, 4) is 0 Å². The predicted molar refractivity (Wildman–Crippen MR) is 83.8 cm³/mol. The fourth-order valence-corrected chi connectivity index (χ4v) is 3.16. The molecule has 7 heteroatoms. The molecule has 0 unspecified atom stereocenters. The van der Waals surface area contributed by atoms with E-state index in [1.165, 1.54) is 4.31 Å². The highest BCUT2D eigenvalue weighted by molar-refractivity contribution is 7.89. The fraction of sp³-hybridized carbons (Fsp3) is 0.714. The third-order valence-electron chi connectivity index (χ3n) is 3.31. The standard InChI is InChI=1S/C14H27N3O3S/c1-6-17-11-14(9-13(17)10-15-12(2)3)21(18,19)16(4)7-8-20-5/h9,11-12,15H,6-8,10H2,1-5H3. The van der Waals surface area contributed by atoms with Crippen LogP contribution in [0.5, 0.6) is 0 Å². The highest BCUT2D eigenvalue weighted by atomic mass is 32.2. The minimum absolute atomic E-state index is 0.337. The van der Waals surface area contributed by atoms with Gasteiger partial charge in [0.25, 0.3) is 0 Å². The van der Waals surface area contributed by atoms with Crippen molar-refractivity contribution >= 4 is 10.0 Å². The Kier molecular flexibility index (Phi) is 6.86. The van der Waals surface area contributed by atoms with Crippen LogP contribution in [0.25, 0.3) is 0 Å². The number of nitrogens with one attached hydrogen (secondary N) is 1. The van der Waals surface area contributed by atoms with Crippen LogP contribution < -0.4 is 5.32 Å². The van der Waals surface area contributed by atoms with Gasteiger partial charge in [0, 0.05) is 51.7 Å². The van der Waals surface area contributed by atoms with E-state index >= 15 is 0 Å². The topological polar surface area (TPSA) is 63.6 Å². The second-order valence-electron chi connectivity index (χ2n) is 5.31. The number of likely N-dealkylation sites (N-methyl/N-ethyl adjacent to an activating group) is 1. The first-order valence-corrected chi connectivity index (χ1v) is 8.64. The number of nitrogens with zero attached hydrogens (tertiary/aromatic N) is 2. The summed E-state index contributed by atoms with van der Waals surface area (Å²) in [7, 11) is -0.324. The lowest BCUT2D eigenvalue weighted by molar-refractivity contribution is 0.185. The van der Waals surface area contributed by atoms with Crippen LogP contribution in [-0.4, -0.2) is 50.6 Å². The number of hydrogen-bond donors (Lipinski definition) is 1. The van der Waals surface area contributed by atoms with Crippen molar-refractivity contribution in [3.05, 3.63) is 18.0 Å². The molecule has 122 valence electrons. The van der Waals surface area contributed by atoms with Gasteiger partial charge in [0.15, 0.2) is 0 Å². The van der Waals surface area contributed by atoms with Gasteiger partial charge < -0.3 is 14.6 Å². The molecule has 1 aromatic rings. The summed E-state index contributed by atoms with van der Waals surface area (Å²) in [5.41, 5.74) is 0.977. The van der Waals surface area contributed by atoms with Crippen molar-refractivity contribution in [2.45, 2.75) is 44.8 Å². The van der Waals surface area contributed by atoms with E-state index in [1.54, 1.807) is 26.4 Å². The second-order valence-corrected chi connectivity index (χ2v) is 7.35. The van der Waals surface area contributed by atoms with Crippen molar-refractivity contribution in [2.75, 3.05) is 27.3 Å². The zero-order chi connectivity index (χ0) is 16.0. The van der Waals surface area contributed by atoms with Gasteiger partial charge in [0.1, 0.15) is 4.90 Å². The maximum Gasteiger partial charge on any atom is 0.244 e. The number of aromatic nitrogens is 1. The second kappa shape index (κ2) is 7.93. The Morgan fingerprint density at radius 2 is 2.10 bits per heavy atom. The molecule has 21 heavy (non-hydrogen) atoms. The summed E-state index contributed by atoms with van der Waals surface area (Å²) in [5, 5.41) is 3.32. The predicted octanol–water partition coefficient (Wildman–Crippen LogP) is 1.27. The average molecular weight is 317 g/mol. The maximum absolute atomic E-state index is 12.5. The molecule has 1 N–H and O–H groups in total. The summed E-state index contributed by atoms with van der Waals surface area (Å²) in [5.74, 6) is 0. The van der Waals surface area contributed by atoms with E-state index in [1.807, 2.05) is 11.5 Å². The molecule has 1 heterocycles. The van der Waals surface area contributed by atoms with Gasteiger partial charge in [-0.1, -0.05) is 13.8 Å². The summed E-state index contributed by atoms with van der Waals surface area (Å²) in [6.45, 7) is 8.26. The normalized spacial score (nSPS) is 12.5. The molecule has 0 aromatic carbocycles. The largest absolute Gasteiger partial charge is 0.383 e. The summed E-state index contributed by atoms with van der Waals surface area (Å²) < 4.78 is 33.2. The lowest BCUT2D eigenvalue weighted by atomic mass is 10.3. The Bertz CT molecular complexity index is 538. The van der Waals surface area contributed by atoms with Crippen LogP contribution in [0.15, 0.2) is 17.2 Å². The molecule has 0 spiro atoms. The van der Waals surface area contributed by atoms with Gasteiger partial charge in [0.2, 0.25) is 10.0 Å². The van der Waals surface area contributed by atoms with Crippen molar-refractivity contribution in [2.24, 2.45) is 0 Å². The molecule has 0 saturated heterocycles. The Morgan fingerprint density at radius 1 is 1.43 bits per heavy atom. The quantitative estimate of drug-likeness (QED) is 0.745. The molecular formula is C14H27N3O3S. The Balaban J connectivity index is 2.97. The third-order valence-corrected chi connectivity index (χ3v) is 5.13. The smallest absolute Gasteiger partial charge is 0.244 e. The molecule has 1 aromatic heterocycles. The minimum atomic E-state index is -3.46. The van der Waals surface area contributed by atoms with E-state index in [2.05, 4.69) is 19.2 Å². The maximum atomic E-state index is 12.5. The number of sulfonamides is 1. The molecular weight excluding hydrogens is 290 g/mol. The average Bonchev–Trinajstić information content (AvgIpc) is 2.86. The Labute approximate surface area is 128 Å². The molecule has 0 aliphatic rings. The zero-order valence-electron chi connectivity index (χ0n) is 13.6. The van der Waals surface area contributed by atoms with E-state index in [0.717, 1.165) is 12.2 Å². The molecule has 0 saturated carbocycles. The Hall–Kier alpha value is -0.890. The number of aryl methyl sites for hydroxylation is 1. The van der Waals surface area contributed by atoms with Crippen molar-refractivity contribution in [1.29, 1.82) is 0 Å². The van der Waals surface area contributed by atoms with E-state index in [0.29, 0.717) is 30.6 Å². The van der Waals surface area contributed by atoms with Crippen LogP contribution in [-0.2, 0) is 27.8 Å². The van der Waals surface area contributed by atoms with Crippen molar-refractivity contribution in [1.82, 2.24) is 14.2 Å². The molecule has 0 aliphatic heterocycles. The van der Waals surface area contributed by atoms with Crippen LogP contribution in [0.2, 0.25) is 0 Å². The van der Waals surface area contributed by atoms with Gasteiger partial charge >= 0.3 is 0 Å². The molecule has 0 radical (unpaired) electrons. The van der Waals surface area contributed by atoms with Gasteiger partial charge in [-0.15, -0.1) is 0 Å². The molecule has 0 fully saturated rings. The number of ether oxygens (including phenoxy) is 1. The first-order valence-electron chi connectivity index (χ1n) is 7.20. The van der Waals surface area contributed by atoms with Gasteiger partial charge in [-0.25, -0.2) is 8.42 Å². The van der Waals surface area contributed by atoms with E-state index in [9.17, 15) is 8.42 Å². The highest BCUT2D eigenvalue weighted by Gasteiger charge is 2.23. The SMILES string of the molecule is CCn1cc(S(=O)(=O)N(C)CCOC)cc1CNC(C)C. The molecule has 6 nitrogen and oxygen atoms in total. The summed E-state index contributed by atoms with van der Waals surface area (Å²) in [4.78, 5) is 0.337. The van der Waals surface area contributed by atoms with Crippen LogP contribution >= 0.6 is 0 Å². The third kappa shape index (κ3) is 4.81. The van der Waals surface area contributed by atoms with Crippen LogP contribution in [0, 0.1) is 0 Å². The zero-order valence-corrected chi connectivity index (χ0v) is 14.4. The number of methoxy groups -OCH3 is 1. The molecule has 0 aliphatic carbocycles. The van der Waals surface area contributed by atoms with E-state index < -0.39 is 10.0 Å². The van der Waals surface area contributed by atoms with Gasteiger partial charge in [-0.3, -0.25) is 0 Å². The van der Waals surface area contributed by atoms with Gasteiger partial charge in [-0.2, -0.15) is 4.31 Å². The van der Waals surface area contributed by atoms with E-state index in [-0.39, 0.29) is 0 Å². The Morgan fingerprint density at radius 3 is 2.62 bits per heavy atom. The van der Waals surface area contributed by atoms with Crippen LogP contribution in [0.3, 0.4) is 0 Å². The van der Waals surface area contributed by atoms with Gasteiger partial charge in [-0.05, 0) is 13.0 Å². The summed E-state index contributed by atoms with van der Waals surface area (Å²) >= 11 is 0. The summed E-state index contributed by atoms with van der Waals surface area (Å²) in [6.07, 6.45) is 1.70.